The van der Waals surface area contributed by atoms with Crippen molar-refractivity contribution in [1.82, 2.24) is 14.9 Å². The molecule has 6 nitrogen and oxygen atoms in total. The van der Waals surface area contributed by atoms with E-state index in [0.29, 0.717) is 13.2 Å². The lowest BCUT2D eigenvalue weighted by Crippen LogP contribution is -2.39. The molecule has 1 unspecified atom stereocenters. The first kappa shape index (κ1) is 15.0. The van der Waals surface area contributed by atoms with E-state index in [1.807, 2.05) is 28.8 Å². The van der Waals surface area contributed by atoms with E-state index in [1.54, 1.807) is 20.2 Å². The molecule has 2 rings (SSSR count). The summed E-state index contributed by atoms with van der Waals surface area (Å²) in [5.74, 6) is -0.604. The molecule has 0 saturated carbocycles. The van der Waals surface area contributed by atoms with Gasteiger partial charge in [-0.25, -0.2) is 9.78 Å². The van der Waals surface area contributed by atoms with E-state index in [1.165, 1.54) is 0 Å². The third kappa shape index (κ3) is 3.81. The fourth-order valence-electron chi connectivity index (χ4n) is 2.05. The van der Waals surface area contributed by atoms with Gasteiger partial charge in [0.25, 0.3) is 0 Å². The van der Waals surface area contributed by atoms with Crippen molar-refractivity contribution in [3.63, 3.8) is 0 Å². The lowest BCUT2D eigenvalue weighted by atomic mass is 10.3. The van der Waals surface area contributed by atoms with Crippen LogP contribution in [0.2, 0.25) is 0 Å². The Morgan fingerprint density at radius 3 is 2.90 bits per heavy atom. The van der Waals surface area contributed by atoms with Gasteiger partial charge in [-0.2, -0.15) is 0 Å². The summed E-state index contributed by atoms with van der Waals surface area (Å²) in [6.45, 7) is 4.17. The third-order valence-electron chi connectivity index (χ3n) is 3.12. The standard InChI is InChI=1S/C15H19N3O3/c1-3-21-15(20)11(2)17-14(19)8-9-18-10-16-12-6-4-5-7-13(12)18/h4-7,10-11H,3,8-9H2,1-2H3,(H,17,19). The van der Waals surface area contributed by atoms with Gasteiger partial charge in [0.05, 0.1) is 24.0 Å². The Kier molecular flexibility index (Phi) is 4.92. The number of hydrogen-bond acceptors (Lipinski definition) is 4. The molecule has 0 saturated heterocycles. The van der Waals surface area contributed by atoms with Crippen LogP contribution >= 0.6 is 0 Å². The Balaban J connectivity index is 1.88. The number of ether oxygens (including phenoxy) is 1. The number of imidazole rings is 1. The molecule has 1 aromatic heterocycles. The first-order valence-electron chi connectivity index (χ1n) is 6.97. The van der Waals surface area contributed by atoms with Gasteiger partial charge in [0.1, 0.15) is 6.04 Å². The number of aryl methyl sites for hydroxylation is 1. The minimum atomic E-state index is -0.628. The van der Waals surface area contributed by atoms with Gasteiger partial charge >= 0.3 is 5.97 Å². The first-order valence-corrected chi connectivity index (χ1v) is 6.97. The van der Waals surface area contributed by atoms with Crippen molar-refractivity contribution in [3.8, 4) is 0 Å². The molecule has 0 aliphatic rings. The van der Waals surface area contributed by atoms with Crippen LogP contribution in [0.15, 0.2) is 30.6 Å². The van der Waals surface area contributed by atoms with E-state index in [-0.39, 0.29) is 12.3 Å². The second kappa shape index (κ2) is 6.88. The maximum absolute atomic E-state index is 11.8. The van der Waals surface area contributed by atoms with Crippen LogP contribution in [0, 0.1) is 0 Å². The topological polar surface area (TPSA) is 73.2 Å². The number of nitrogens with zero attached hydrogens (tertiary/aromatic N) is 2. The molecule has 1 aromatic carbocycles. The molecule has 1 atom stereocenters. The molecular formula is C15H19N3O3. The number of amides is 1. The number of nitrogens with one attached hydrogen (secondary N) is 1. The lowest BCUT2D eigenvalue weighted by Gasteiger charge is -2.12. The minimum absolute atomic E-state index is 0.187. The fraction of sp³-hybridized carbons (Fsp3) is 0.400. The number of aromatic nitrogens is 2. The predicted octanol–water partition coefficient (Wildman–Crippen LogP) is 1.49. The number of benzene rings is 1. The van der Waals surface area contributed by atoms with Gasteiger partial charge in [0.2, 0.25) is 5.91 Å². The van der Waals surface area contributed by atoms with Gasteiger partial charge in [0, 0.05) is 13.0 Å². The van der Waals surface area contributed by atoms with Crippen LogP contribution in [0.5, 0.6) is 0 Å². The highest BCUT2D eigenvalue weighted by Crippen LogP contribution is 2.12. The van der Waals surface area contributed by atoms with Crippen molar-refractivity contribution in [3.05, 3.63) is 30.6 Å². The molecule has 2 aromatic rings. The molecule has 0 fully saturated rings. The molecule has 1 amide bonds. The summed E-state index contributed by atoms with van der Waals surface area (Å²) in [6.07, 6.45) is 2.00. The predicted molar refractivity (Wildman–Crippen MR) is 78.6 cm³/mol. The van der Waals surface area contributed by atoms with Crippen LogP contribution < -0.4 is 5.32 Å². The van der Waals surface area contributed by atoms with Crippen LogP contribution in [0.4, 0.5) is 0 Å². The van der Waals surface area contributed by atoms with E-state index >= 15 is 0 Å². The zero-order valence-corrected chi connectivity index (χ0v) is 12.2. The highest BCUT2D eigenvalue weighted by atomic mass is 16.5. The average molecular weight is 289 g/mol. The lowest BCUT2D eigenvalue weighted by molar-refractivity contribution is -0.146. The summed E-state index contributed by atoms with van der Waals surface area (Å²) in [7, 11) is 0. The Morgan fingerprint density at radius 1 is 1.38 bits per heavy atom. The molecule has 1 heterocycles. The summed E-state index contributed by atoms with van der Waals surface area (Å²) < 4.78 is 6.76. The van der Waals surface area contributed by atoms with Crippen molar-refractivity contribution < 1.29 is 14.3 Å². The Labute approximate surface area is 123 Å². The van der Waals surface area contributed by atoms with Crippen molar-refractivity contribution in [1.29, 1.82) is 0 Å². The van der Waals surface area contributed by atoms with Crippen LogP contribution in [0.25, 0.3) is 11.0 Å². The number of fused-ring (bicyclic) bond motifs is 1. The van der Waals surface area contributed by atoms with E-state index in [0.717, 1.165) is 11.0 Å². The van der Waals surface area contributed by atoms with Crippen LogP contribution in [-0.2, 0) is 20.9 Å². The largest absolute Gasteiger partial charge is 0.464 e. The molecule has 0 spiro atoms. The van der Waals surface area contributed by atoms with Crippen molar-refractivity contribution in [2.45, 2.75) is 32.9 Å². The Morgan fingerprint density at radius 2 is 2.14 bits per heavy atom. The number of esters is 1. The van der Waals surface area contributed by atoms with E-state index in [9.17, 15) is 9.59 Å². The monoisotopic (exact) mass is 289 g/mol. The Hall–Kier alpha value is -2.37. The van der Waals surface area contributed by atoms with E-state index in [4.69, 9.17) is 4.74 Å². The summed E-state index contributed by atoms with van der Waals surface area (Å²) >= 11 is 0. The quantitative estimate of drug-likeness (QED) is 0.818. The van der Waals surface area contributed by atoms with Crippen LogP contribution in [0.1, 0.15) is 20.3 Å². The minimum Gasteiger partial charge on any atom is -0.464 e. The second-order valence-corrected chi connectivity index (χ2v) is 4.72. The van der Waals surface area contributed by atoms with E-state index < -0.39 is 12.0 Å². The van der Waals surface area contributed by atoms with Crippen LogP contribution in [-0.4, -0.2) is 34.1 Å². The van der Waals surface area contributed by atoms with Crippen LogP contribution in [0.3, 0.4) is 0 Å². The fourth-order valence-corrected chi connectivity index (χ4v) is 2.05. The highest BCUT2D eigenvalue weighted by molar-refractivity contribution is 5.84. The second-order valence-electron chi connectivity index (χ2n) is 4.72. The first-order chi connectivity index (χ1) is 10.1. The molecule has 21 heavy (non-hydrogen) atoms. The zero-order chi connectivity index (χ0) is 15.2. The van der Waals surface area contributed by atoms with E-state index in [2.05, 4.69) is 10.3 Å². The smallest absolute Gasteiger partial charge is 0.328 e. The maximum atomic E-state index is 11.8. The van der Waals surface area contributed by atoms with Crippen molar-refractivity contribution in [2.24, 2.45) is 0 Å². The van der Waals surface area contributed by atoms with Gasteiger partial charge in [-0.1, -0.05) is 12.1 Å². The molecule has 0 aliphatic heterocycles. The van der Waals surface area contributed by atoms with Gasteiger partial charge in [-0.15, -0.1) is 0 Å². The molecule has 1 N–H and O–H groups in total. The molecule has 0 bridgehead atoms. The van der Waals surface area contributed by atoms with Gasteiger partial charge in [-0.05, 0) is 26.0 Å². The number of rotatable bonds is 6. The molecule has 0 aliphatic carbocycles. The molecule has 0 radical (unpaired) electrons. The van der Waals surface area contributed by atoms with Crippen molar-refractivity contribution in [2.75, 3.05) is 6.61 Å². The SMILES string of the molecule is CCOC(=O)C(C)NC(=O)CCn1cnc2ccccc21. The highest BCUT2D eigenvalue weighted by Gasteiger charge is 2.16. The molecule has 112 valence electrons. The molecular weight excluding hydrogens is 270 g/mol. The summed E-state index contributed by atoms with van der Waals surface area (Å²) in [5, 5.41) is 2.63. The van der Waals surface area contributed by atoms with Gasteiger partial charge < -0.3 is 14.6 Å². The van der Waals surface area contributed by atoms with Gasteiger partial charge in [-0.3, -0.25) is 4.79 Å². The maximum Gasteiger partial charge on any atom is 0.328 e. The Bertz CT molecular complexity index is 636. The third-order valence-corrected chi connectivity index (χ3v) is 3.12. The molecule has 6 heteroatoms. The van der Waals surface area contributed by atoms with Crippen molar-refractivity contribution >= 4 is 22.9 Å². The number of hydrogen-bond donors (Lipinski definition) is 1. The summed E-state index contributed by atoms with van der Waals surface area (Å²) in [5.41, 5.74) is 1.89. The normalized spacial score (nSPS) is 12.1. The summed E-state index contributed by atoms with van der Waals surface area (Å²) in [6, 6.07) is 7.12. The number of carbonyl (C=O) groups is 2. The average Bonchev–Trinajstić information content (AvgIpc) is 2.88. The number of carbonyl (C=O) groups excluding carboxylic acids is 2. The number of para-hydroxylation sites is 2. The zero-order valence-electron chi connectivity index (χ0n) is 12.2. The van der Waals surface area contributed by atoms with Gasteiger partial charge in [0.15, 0.2) is 0 Å². The summed E-state index contributed by atoms with van der Waals surface area (Å²) in [4.78, 5) is 27.5.